The Bertz CT molecular complexity index is 1000. The highest BCUT2D eigenvalue weighted by Crippen LogP contribution is 2.26. The van der Waals surface area contributed by atoms with E-state index >= 15 is 0 Å². The first-order valence-electron chi connectivity index (χ1n) is 8.28. The minimum absolute atomic E-state index is 0.122. The molecule has 2 aromatic carbocycles. The van der Waals surface area contributed by atoms with Crippen molar-refractivity contribution in [1.29, 1.82) is 0 Å². The molecule has 2 amide bonds. The largest absolute Gasteiger partial charge is 0.326 e. The van der Waals surface area contributed by atoms with Crippen molar-refractivity contribution in [2.45, 2.75) is 19.2 Å². The van der Waals surface area contributed by atoms with E-state index in [-0.39, 0.29) is 18.4 Å². The zero-order chi connectivity index (χ0) is 19.4. The lowest BCUT2D eigenvalue weighted by atomic mass is 10.2. The second-order valence-corrected chi connectivity index (χ2v) is 7.23. The maximum Gasteiger partial charge on any atom is 0.244 e. The lowest BCUT2D eigenvalue weighted by molar-refractivity contribution is -0.116. The smallest absolute Gasteiger partial charge is 0.244 e. The van der Waals surface area contributed by atoms with E-state index in [0.717, 1.165) is 16.9 Å². The van der Waals surface area contributed by atoms with Gasteiger partial charge in [-0.1, -0.05) is 23.7 Å². The number of nitrogens with one attached hydrogen (secondary N) is 2. The Morgan fingerprint density at radius 2 is 1.96 bits per heavy atom. The molecule has 140 valence electrons. The predicted molar refractivity (Wildman–Crippen MR) is 111 cm³/mol. The normalized spacial score (nSPS) is 10.8. The van der Waals surface area contributed by atoms with Crippen molar-refractivity contribution >= 4 is 57.6 Å². The van der Waals surface area contributed by atoms with Crippen LogP contribution in [0.3, 0.4) is 0 Å². The fourth-order valence-corrected chi connectivity index (χ4v) is 3.42. The van der Waals surface area contributed by atoms with Crippen LogP contribution in [-0.2, 0) is 21.9 Å². The molecule has 0 saturated heterocycles. The fourth-order valence-electron chi connectivity index (χ4n) is 2.78. The van der Waals surface area contributed by atoms with Gasteiger partial charge in [0.1, 0.15) is 12.4 Å². The zero-order valence-corrected chi connectivity index (χ0v) is 16.5. The molecule has 0 aliphatic carbocycles. The summed E-state index contributed by atoms with van der Waals surface area (Å²) in [6.45, 7) is 1.54. The van der Waals surface area contributed by atoms with E-state index in [1.807, 2.05) is 35.1 Å². The van der Waals surface area contributed by atoms with E-state index in [9.17, 15) is 9.59 Å². The summed E-state index contributed by atoms with van der Waals surface area (Å²) in [4.78, 5) is 28.5. The molecule has 0 aliphatic heterocycles. The molecule has 3 aromatic rings. The van der Waals surface area contributed by atoms with E-state index in [0.29, 0.717) is 22.2 Å². The zero-order valence-electron chi connectivity index (χ0n) is 15.0. The number of hydrogen-bond donors (Lipinski definition) is 2. The summed E-state index contributed by atoms with van der Waals surface area (Å²) in [6.07, 6.45) is 2.00. The molecule has 27 heavy (non-hydrogen) atoms. The van der Waals surface area contributed by atoms with Crippen molar-refractivity contribution in [2.75, 3.05) is 16.9 Å². The molecular formula is C19H19ClN4O2S. The SMILES string of the molecule is CSCc1nc2ccccc2n1CC(=O)Nc1cc(NC(C)=O)ccc1Cl. The molecule has 0 saturated carbocycles. The first-order chi connectivity index (χ1) is 13.0. The Kier molecular flexibility index (Phi) is 6.03. The molecule has 1 heterocycles. The number of carbonyl (C=O) groups is 2. The predicted octanol–water partition coefficient (Wildman–Crippen LogP) is 4.15. The monoisotopic (exact) mass is 402 g/mol. The van der Waals surface area contributed by atoms with Gasteiger partial charge in [-0.3, -0.25) is 9.59 Å². The molecule has 8 heteroatoms. The second kappa shape index (κ2) is 8.45. The van der Waals surface area contributed by atoms with Crippen LogP contribution in [0, 0.1) is 0 Å². The number of nitrogens with zero attached hydrogens (tertiary/aromatic N) is 2. The van der Waals surface area contributed by atoms with E-state index in [4.69, 9.17) is 11.6 Å². The molecule has 0 bridgehead atoms. The summed E-state index contributed by atoms with van der Waals surface area (Å²) in [6, 6.07) is 12.7. The highest BCUT2D eigenvalue weighted by Gasteiger charge is 2.14. The standard InChI is InChI=1S/C19H19ClN4O2S/c1-12(25)21-13-7-8-14(20)16(9-13)23-19(26)10-24-17-6-4-3-5-15(17)22-18(24)11-27-2/h3-9H,10-11H2,1-2H3,(H,21,25)(H,23,26). The van der Waals surface area contributed by atoms with E-state index in [1.165, 1.54) is 6.92 Å². The number of fused-ring (bicyclic) bond motifs is 1. The number of hydrogen-bond acceptors (Lipinski definition) is 4. The van der Waals surface area contributed by atoms with Gasteiger partial charge in [0.25, 0.3) is 0 Å². The van der Waals surface area contributed by atoms with E-state index in [1.54, 1.807) is 30.0 Å². The summed E-state index contributed by atoms with van der Waals surface area (Å²) in [7, 11) is 0. The highest BCUT2D eigenvalue weighted by atomic mass is 35.5. The molecule has 0 atom stereocenters. The van der Waals surface area contributed by atoms with Gasteiger partial charge in [0.2, 0.25) is 11.8 Å². The summed E-state index contributed by atoms with van der Waals surface area (Å²) in [5, 5.41) is 5.89. The third kappa shape index (κ3) is 4.61. The average Bonchev–Trinajstić information content (AvgIpc) is 2.95. The summed E-state index contributed by atoms with van der Waals surface area (Å²) in [5.74, 6) is 1.14. The molecule has 0 aliphatic rings. The molecule has 0 spiro atoms. The third-order valence-corrected chi connectivity index (χ3v) is 4.75. The van der Waals surface area contributed by atoms with Crippen molar-refractivity contribution < 1.29 is 9.59 Å². The fraction of sp³-hybridized carbons (Fsp3) is 0.211. The topological polar surface area (TPSA) is 76.0 Å². The lowest BCUT2D eigenvalue weighted by Gasteiger charge is -2.12. The first kappa shape index (κ1) is 19.3. The van der Waals surface area contributed by atoms with Gasteiger partial charge in [-0.05, 0) is 36.6 Å². The lowest BCUT2D eigenvalue weighted by Crippen LogP contribution is -2.20. The summed E-state index contributed by atoms with van der Waals surface area (Å²) >= 11 is 7.83. The van der Waals surface area contributed by atoms with Crippen LogP contribution >= 0.6 is 23.4 Å². The third-order valence-electron chi connectivity index (χ3n) is 3.87. The molecule has 0 radical (unpaired) electrons. The quantitative estimate of drug-likeness (QED) is 0.649. The van der Waals surface area contributed by atoms with Crippen molar-refractivity contribution in [3.8, 4) is 0 Å². The second-order valence-electron chi connectivity index (χ2n) is 5.96. The van der Waals surface area contributed by atoms with Gasteiger partial charge in [0.05, 0.1) is 27.5 Å². The van der Waals surface area contributed by atoms with E-state index in [2.05, 4.69) is 15.6 Å². The summed E-state index contributed by atoms with van der Waals surface area (Å²) < 4.78 is 1.91. The number of aromatic nitrogens is 2. The minimum atomic E-state index is -0.220. The van der Waals surface area contributed by atoms with Gasteiger partial charge in [-0.25, -0.2) is 4.98 Å². The van der Waals surface area contributed by atoms with Gasteiger partial charge in [-0.2, -0.15) is 11.8 Å². The first-order valence-corrected chi connectivity index (χ1v) is 10.0. The average molecular weight is 403 g/mol. The van der Waals surface area contributed by atoms with Gasteiger partial charge in [0, 0.05) is 12.6 Å². The van der Waals surface area contributed by atoms with E-state index < -0.39 is 0 Å². The number of anilines is 2. The number of para-hydroxylation sites is 2. The van der Waals surface area contributed by atoms with Crippen molar-refractivity contribution in [1.82, 2.24) is 9.55 Å². The molecule has 0 unspecified atom stereocenters. The van der Waals surface area contributed by atoms with Crippen LogP contribution in [0.1, 0.15) is 12.7 Å². The molecule has 1 aromatic heterocycles. The van der Waals surface area contributed by atoms with Crippen LogP contribution in [-0.4, -0.2) is 27.6 Å². The van der Waals surface area contributed by atoms with Crippen molar-refractivity contribution in [3.63, 3.8) is 0 Å². The number of carbonyl (C=O) groups excluding carboxylic acids is 2. The van der Waals surface area contributed by atoms with Crippen LogP contribution < -0.4 is 10.6 Å². The molecule has 3 rings (SSSR count). The minimum Gasteiger partial charge on any atom is -0.326 e. The van der Waals surface area contributed by atoms with Gasteiger partial charge in [0.15, 0.2) is 0 Å². The maximum atomic E-state index is 12.7. The number of thioether (sulfide) groups is 1. The van der Waals surface area contributed by atoms with Crippen LogP contribution in [0.5, 0.6) is 0 Å². The van der Waals surface area contributed by atoms with Crippen molar-refractivity contribution in [2.24, 2.45) is 0 Å². The Morgan fingerprint density at radius 1 is 1.19 bits per heavy atom. The van der Waals surface area contributed by atoms with Crippen LogP contribution in [0.2, 0.25) is 5.02 Å². The van der Waals surface area contributed by atoms with Gasteiger partial charge in [-0.15, -0.1) is 0 Å². The van der Waals surface area contributed by atoms with Crippen molar-refractivity contribution in [3.05, 3.63) is 53.3 Å². The number of halogens is 1. The number of amides is 2. The molecule has 6 nitrogen and oxygen atoms in total. The van der Waals surface area contributed by atoms with Crippen LogP contribution in [0.25, 0.3) is 11.0 Å². The number of imidazole rings is 1. The Balaban J connectivity index is 1.83. The summed E-state index contributed by atoms with van der Waals surface area (Å²) in [5.41, 5.74) is 2.79. The maximum absolute atomic E-state index is 12.7. The number of benzene rings is 2. The van der Waals surface area contributed by atoms with Crippen LogP contribution in [0.4, 0.5) is 11.4 Å². The highest BCUT2D eigenvalue weighted by molar-refractivity contribution is 7.97. The van der Waals surface area contributed by atoms with Gasteiger partial charge >= 0.3 is 0 Å². The Labute approximate surface area is 166 Å². The molecular weight excluding hydrogens is 384 g/mol. The molecule has 0 fully saturated rings. The Hall–Kier alpha value is -2.51. The van der Waals surface area contributed by atoms with Crippen LogP contribution in [0.15, 0.2) is 42.5 Å². The van der Waals surface area contributed by atoms with Gasteiger partial charge < -0.3 is 15.2 Å². The number of rotatable bonds is 6. The molecule has 2 N–H and O–H groups in total. The Morgan fingerprint density at radius 3 is 2.70 bits per heavy atom.